The number of hydrogen-bond acceptors (Lipinski definition) is 2. The second kappa shape index (κ2) is 6.00. The highest BCUT2D eigenvalue weighted by Crippen LogP contribution is 2.27. The Balaban J connectivity index is 2.93. The largest absolute Gasteiger partial charge is 0.391 e. The van der Waals surface area contributed by atoms with Crippen molar-refractivity contribution in [1.29, 1.82) is 0 Å². The molecule has 0 spiro atoms. The summed E-state index contributed by atoms with van der Waals surface area (Å²) in [5, 5.41) is 10.5. The summed E-state index contributed by atoms with van der Waals surface area (Å²) in [5.74, 6) is -0.440. The molecule has 1 rings (SSSR count). The maximum atomic E-state index is 13.3. The van der Waals surface area contributed by atoms with Gasteiger partial charge in [-0.25, -0.2) is 4.39 Å². The molecule has 1 aromatic rings. The normalized spacial score (nSPS) is 16.7. The second-order valence-corrected chi connectivity index (χ2v) is 5.42. The van der Waals surface area contributed by atoms with Gasteiger partial charge >= 0.3 is 0 Å². The standard InChI is InChI=1S/C14H21ClFNO/c1-5-14(2,17(3)4)12(18)9-10-7-6-8-11(16)13(10)15/h6-8,12,18H,5,9H2,1-4H3. The monoisotopic (exact) mass is 273 g/mol. The van der Waals surface area contributed by atoms with Gasteiger partial charge in [-0.15, -0.1) is 0 Å². The van der Waals surface area contributed by atoms with Crippen LogP contribution < -0.4 is 0 Å². The van der Waals surface area contributed by atoms with Crippen molar-refractivity contribution in [3.63, 3.8) is 0 Å². The fourth-order valence-electron chi connectivity index (χ4n) is 1.98. The Bertz CT molecular complexity index is 411. The lowest BCUT2D eigenvalue weighted by Gasteiger charge is -2.40. The lowest BCUT2D eigenvalue weighted by Crippen LogP contribution is -2.51. The highest BCUT2D eigenvalue weighted by Gasteiger charge is 2.33. The lowest BCUT2D eigenvalue weighted by atomic mass is 9.86. The van der Waals surface area contributed by atoms with Crippen LogP contribution >= 0.6 is 11.6 Å². The van der Waals surface area contributed by atoms with Crippen LogP contribution in [0.1, 0.15) is 25.8 Å². The molecule has 0 aliphatic heterocycles. The Labute approximate surface area is 113 Å². The van der Waals surface area contributed by atoms with Crippen molar-refractivity contribution in [2.45, 2.75) is 38.3 Å². The minimum absolute atomic E-state index is 0.105. The van der Waals surface area contributed by atoms with Crippen LogP contribution in [0.15, 0.2) is 18.2 Å². The average molecular weight is 274 g/mol. The molecular weight excluding hydrogens is 253 g/mol. The molecule has 0 fully saturated rings. The van der Waals surface area contributed by atoms with E-state index in [1.54, 1.807) is 12.1 Å². The molecule has 18 heavy (non-hydrogen) atoms. The van der Waals surface area contributed by atoms with E-state index >= 15 is 0 Å². The van der Waals surface area contributed by atoms with Crippen LogP contribution in [0.2, 0.25) is 5.02 Å². The number of rotatable bonds is 5. The molecule has 1 N–H and O–H groups in total. The fraction of sp³-hybridized carbons (Fsp3) is 0.571. The number of benzene rings is 1. The zero-order valence-electron chi connectivity index (χ0n) is 11.4. The van der Waals surface area contributed by atoms with Crippen LogP contribution in [0.5, 0.6) is 0 Å². The van der Waals surface area contributed by atoms with Crippen molar-refractivity contribution >= 4 is 11.6 Å². The number of halogens is 2. The van der Waals surface area contributed by atoms with E-state index in [2.05, 4.69) is 0 Å². The van der Waals surface area contributed by atoms with Gasteiger partial charge in [0.25, 0.3) is 0 Å². The van der Waals surface area contributed by atoms with E-state index in [9.17, 15) is 9.50 Å². The molecule has 0 aliphatic rings. The second-order valence-electron chi connectivity index (χ2n) is 5.04. The van der Waals surface area contributed by atoms with E-state index in [-0.39, 0.29) is 10.6 Å². The Hall–Kier alpha value is -0.640. The summed E-state index contributed by atoms with van der Waals surface area (Å²) < 4.78 is 13.3. The van der Waals surface area contributed by atoms with Gasteiger partial charge in [0.2, 0.25) is 0 Å². The molecule has 2 unspecified atom stereocenters. The zero-order chi connectivity index (χ0) is 13.9. The van der Waals surface area contributed by atoms with E-state index in [0.717, 1.165) is 6.42 Å². The molecule has 0 saturated heterocycles. The number of likely N-dealkylation sites (N-methyl/N-ethyl adjacent to an activating group) is 1. The van der Waals surface area contributed by atoms with E-state index in [1.165, 1.54) is 6.07 Å². The van der Waals surface area contributed by atoms with Gasteiger partial charge in [-0.1, -0.05) is 30.7 Å². The van der Waals surface area contributed by atoms with Gasteiger partial charge in [0.1, 0.15) is 5.82 Å². The fourth-order valence-corrected chi connectivity index (χ4v) is 2.19. The summed E-state index contributed by atoms with van der Waals surface area (Å²) in [4.78, 5) is 1.99. The topological polar surface area (TPSA) is 23.5 Å². The third kappa shape index (κ3) is 3.02. The molecule has 0 amide bonds. The molecule has 102 valence electrons. The summed E-state index contributed by atoms with van der Waals surface area (Å²) >= 11 is 5.91. The highest BCUT2D eigenvalue weighted by molar-refractivity contribution is 6.31. The number of nitrogens with zero attached hydrogens (tertiary/aromatic N) is 1. The van der Waals surface area contributed by atoms with Gasteiger partial charge in [-0.05, 0) is 39.1 Å². The molecule has 2 nitrogen and oxygen atoms in total. The highest BCUT2D eigenvalue weighted by atomic mass is 35.5. The number of hydrogen-bond donors (Lipinski definition) is 1. The lowest BCUT2D eigenvalue weighted by molar-refractivity contribution is 0.00299. The van der Waals surface area contributed by atoms with Crippen molar-refractivity contribution in [1.82, 2.24) is 4.90 Å². The first-order valence-electron chi connectivity index (χ1n) is 6.11. The Morgan fingerprint density at radius 3 is 2.56 bits per heavy atom. The van der Waals surface area contributed by atoms with Crippen molar-refractivity contribution in [3.05, 3.63) is 34.6 Å². The van der Waals surface area contributed by atoms with Crippen LogP contribution in [0.25, 0.3) is 0 Å². The summed E-state index contributed by atoms with van der Waals surface area (Å²) in [6.07, 6.45) is 0.546. The summed E-state index contributed by atoms with van der Waals surface area (Å²) in [5.41, 5.74) is 0.293. The molecule has 0 bridgehead atoms. The van der Waals surface area contributed by atoms with Crippen molar-refractivity contribution in [2.75, 3.05) is 14.1 Å². The summed E-state index contributed by atoms with van der Waals surface area (Å²) in [7, 11) is 3.86. The predicted molar refractivity (Wildman–Crippen MR) is 73.5 cm³/mol. The molecular formula is C14H21ClFNO. The van der Waals surface area contributed by atoms with Crippen LogP contribution in [-0.2, 0) is 6.42 Å². The molecule has 0 aliphatic carbocycles. The molecule has 0 aromatic heterocycles. The van der Waals surface area contributed by atoms with Crippen LogP contribution in [0, 0.1) is 5.82 Å². The van der Waals surface area contributed by atoms with Gasteiger partial charge in [-0.3, -0.25) is 0 Å². The van der Waals surface area contributed by atoms with Crippen LogP contribution in [0.4, 0.5) is 4.39 Å². The maximum absolute atomic E-state index is 13.3. The summed E-state index contributed by atoms with van der Waals surface area (Å²) in [6.45, 7) is 4.02. The number of aliphatic hydroxyl groups is 1. The number of aliphatic hydroxyl groups excluding tert-OH is 1. The average Bonchev–Trinajstić information content (AvgIpc) is 2.33. The van der Waals surface area contributed by atoms with Gasteiger partial charge in [0, 0.05) is 12.0 Å². The van der Waals surface area contributed by atoms with Crippen LogP contribution in [0.3, 0.4) is 0 Å². The SMILES string of the molecule is CCC(C)(C(O)Cc1cccc(F)c1Cl)N(C)C. The Morgan fingerprint density at radius 2 is 2.06 bits per heavy atom. The Kier molecular flexibility index (Phi) is 5.14. The molecule has 4 heteroatoms. The molecule has 0 heterocycles. The van der Waals surface area contributed by atoms with E-state index in [1.807, 2.05) is 32.8 Å². The first-order chi connectivity index (χ1) is 8.32. The Morgan fingerprint density at radius 1 is 1.44 bits per heavy atom. The molecule has 1 aromatic carbocycles. The smallest absolute Gasteiger partial charge is 0.142 e. The zero-order valence-corrected chi connectivity index (χ0v) is 12.1. The van der Waals surface area contributed by atoms with Crippen molar-refractivity contribution < 1.29 is 9.50 Å². The van der Waals surface area contributed by atoms with Crippen molar-refractivity contribution in [2.24, 2.45) is 0 Å². The quantitative estimate of drug-likeness (QED) is 0.891. The molecule has 2 atom stereocenters. The van der Waals surface area contributed by atoms with Gasteiger partial charge < -0.3 is 10.0 Å². The van der Waals surface area contributed by atoms with E-state index < -0.39 is 11.9 Å². The molecule has 0 saturated carbocycles. The molecule has 0 radical (unpaired) electrons. The van der Waals surface area contributed by atoms with E-state index in [4.69, 9.17) is 11.6 Å². The summed E-state index contributed by atoms with van der Waals surface area (Å²) in [6, 6.07) is 4.69. The van der Waals surface area contributed by atoms with Gasteiger partial charge in [0.15, 0.2) is 0 Å². The first-order valence-corrected chi connectivity index (χ1v) is 6.49. The van der Waals surface area contributed by atoms with Crippen LogP contribution in [-0.4, -0.2) is 35.7 Å². The van der Waals surface area contributed by atoms with Gasteiger partial charge in [0.05, 0.1) is 11.1 Å². The van der Waals surface area contributed by atoms with Crippen molar-refractivity contribution in [3.8, 4) is 0 Å². The minimum atomic E-state index is -0.600. The third-order valence-corrected chi connectivity index (χ3v) is 4.32. The first kappa shape index (κ1) is 15.4. The minimum Gasteiger partial charge on any atom is -0.391 e. The maximum Gasteiger partial charge on any atom is 0.142 e. The van der Waals surface area contributed by atoms with E-state index in [0.29, 0.717) is 12.0 Å². The van der Waals surface area contributed by atoms with Gasteiger partial charge in [-0.2, -0.15) is 0 Å². The predicted octanol–water partition coefficient (Wildman–Crippen LogP) is 3.11. The third-order valence-electron chi connectivity index (χ3n) is 3.90.